The van der Waals surface area contributed by atoms with Gasteiger partial charge in [0.25, 0.3) is 0 Å². The van der Waals surface area contributed by atoms with Crippen molar-refractivity contribution in [3.05, 3.63) is 76.8 Å². The number of halogens is 1. The Morgan fingerprint density at radius 3 is 2.68 bits per heavy atom. The van der Waals surface area contributed by atoms with Crippen molar-refractivity contribution in [2.24, 2.45) is 0 Å². The number of fused-ring (bicyclic) bond motifs is 1. The Balaban J connectivity index is 1.98. The molecule has 2 aromatic carbocycles. The number of hydrogen-bond donors (Lipinski definition) is 0. The van der Waals surface area contributed by atoms with E-state index in [2.05, 4.69) is 75.9 Å². The van der Waals surface area contributed by atoms with Gasteiger partial charge in [0.1, 0.15) is 0 Å². The van der Waals surface area contributed by atoms with Gasteiger partial charge in [-0.2, -0.15) is 0 Å². The molecule has 3 rings (SSSR count). The van der Waals surface area contributed by atoms with Gasteiger partial charge in [0.05, 0.1) is 6.04 Å². The lowest BCUT2D eigenvalue weighted by Crippen LogP contribution is -2.25. The van der Waals surface area contributed by atoms with E-state index in [9.17, 15) is 0 Å². The highest BCUT2D eigenvalue weighted by Crippen LogP contribution is 2.36. The molecule has 2 heteroatoms. The maximum absolute atomic E-state index is 4.02. The zero-order valence-electron chi connectivity index (χ0n) is 10.7. The topological polar surface area (TPSA) is 3.24 Å². The number of nitrogens with zero attached hydrogens (tertiary/aromatic N) is 1. The first-order chi connectivity index (χ1) is 9.29. The third-order valence-corrected chi connectivity index (χ3v) is 4.17. The summed E-state index contributed by atoms with van der Waals surface area (Å²) >= 11 is 3.55. The zero-order valence-corrected chi connectivity index (χ0v) is 12.3. The van der Waals surface area contributed by atoms with E-state index in [1.54, 1.807) is 0 Å². The molecule has 0 fully saturated rings. The summed E-state index contributed by atoms with van der Waals surface area (Å²) in [5, 5.41) is 0. The van der Waals surface area contributed by atoms with E-state index in [-0.39, 0.29) is 6.04 Å². The zero-order chi connectivity index (χ0) is 13.2. The van der Waals surface area contributed by atoms with Crippen LogP contribution in [-0.2, 0) is 6.42 Å². The highest BCUT2D eigenvalue weighted by Gasteiger charge is 2.25. The molecule has 0 aromatic heterocycles. The third-order valence-electron chi connectivity index (χ3n) is 3.67. The van der Waals surface area contributed by atoms with E-state index in [0.717, 1.165) is 17.4 Å². The van der Waals surface area contributed by atoms with E-state index in [4.69, 9.17) is 0 Å². The van der Waals surface area contributed by atoms with Crippen molar-refractivity contribution < 1.29 is 0 Å². The number of benzene rings is 2. The van der Waals surface area contributed by atoms with Gasteiger partial charge in [-0.3, -0.25) is 0 Å². The van der Waals surface area contributed by atoms with Crippen molar-refractivity contribution in [1.82, 2.24) is 0 Å². The van der Waals surface area contributed by atoms with Crippen molar-refractivity contribution in [2.75, 3.05) is 11.4 Å². The van der Waals surface area contributed by atoms with Crippen LogP contribution in [0.3, 0.4) is 0 Å². The molecule has 0 unspecified atom stereocenters. The normalized spacial score (nSPS) is 15.1. The van der Waals surface area contributed by atoms with Gasteiger partial charge in [-0.15, -0.1) is 6.58 Å². The Kier molecular flexibility index (Phi) is 3.43. The second kappa shape index (κ2) is 5.22. The van der Waals surface area contributed by atoms with Crippen molar-refractivity contribution in [3.63, 3.8) is 0 Å². The molecule has 96 valence electrons. The second-order valence-corrected chi connectivity index (χ2v) is 5.72. The first-order valence-corrected chi connectivity index (χ1v) is 7.31. The molecular formula is C17H16BrN. The lowest BCUT2D eigenvalue weighted by molar-refractivity contribution is 0.754. The van der Waals surface area contributed by atoms with E-state index in [1.807, 2.05) is 6.08 Å². The van der Waals surface area contributed by atoms with Gasteiger partial charge < -0.3 is 4.90 Å². The summed E-state index contributed by atoms with van der Waals surface area (Å²) in [4.78, 5) is 2.43. The summed E-state index contributed by atoms with van der Waals surface area (Å²) < 4.78 is 1.16. The fourth-order valence-corrected chi connectivity index (χ4v) is 3.19. The molecule has 1 aliphatic rings. The predicted octanol–water partition coefficient (Wildman–Crippen LogP) is 4.74. The Hall–Kier alpha value is -1.54. The summed E-state index contributed by atoms with van der Waals surface area (Å²) in [7, 11) is 0. The van der Waals surface area contributed by atoms with Crippen LogP contribution in [0.2, 0.25) is 0 Å². The van der Waals surface area contributed by atoms with Crippen LogP contribution >= 0.6 is 15.9 Å². The highest BCUT2D eigenvalue weighted by atomic mass is 79.9. The summed E-state index contributed by atoms with van der Waals surface area (Å²) in [6.45, 7) is 5.07. The summed E-state index contributed by atoms with van der Waals surface area (Å²) in [5.41, 5.74) is 4.04. The molecule has 0 bridgehead atoms. The molecule has 0 radical (unpaired) electrons. The molecule has 2 aromatic rings. The summed E-state index contributed by atoms with van der Waals surface area (Å²) in [5.74, 6) is 0. The quantitative estimate of drug-likeness (QED) is 0.740. The van der Waals surface area contributed by atoms with Crippen LogP contribution in [0.1, 0.15) is 17.2 Å². The first-order valence-electron chi connectivity index (χ1n) is 6.52. The molecule has 1 aliphatic heterocycles. The smallest absolute Gasteiger partial charge is 0.0724 e. The van der Waals surface area contributed by atoms with E-state index in [0.29, 0.717) is 0 Å². The largest absolute Gasteiger partial charge is 0.360 e. The van der Waals surface area contributed by atoms with Gasteiger partial charge >= 0.3 is 0 Å². The Bertz CT molecular complexity index is 591. The van der Waals surface area contributed by atoms with Crippen LogP contribution in [0.4, 0.5) is 5.69 Å². The van der Waals surface area contributed by atoms with Crippen LogP contribution in [0.5, 0.6) is 0 Å². The maximum atomic E-state index is 4.02. The number of hydrogen-bond acceptors (Lipinski definition) is 1. The highest BCUT2D eigenvalue weighted by molar-refractivity contribution is 9.10. The molecule has 0 spiro atoms. The van der Waals surface area contributed by atoms with Gasteiger partial charge in [-0.1, -0.05) is 52.3 Å². The van der Waals surface area contributed by atoms with Crippen LogP contribution < -0.4 is 4.90 Å². The maximum Gasteiger partial charge on any atom is 0.0724 e. The fourth-order valence-electron chi connectivity index (χ4n) is 2.78. The first kappa shape index (κ1) is 12.5. The van der Waals surface area contributed by atoms with Gasteiger partial charge in [-0.25, -0.2) is 0 Å². The molecular weight excluding hydrogens is 298 g/mol. The molecule has 0 aliphatic carbocycles. The van der Waals surface area contributed by atoms with E-state index < -0.39 is 0 Å². The minimum Gasteiger partial charge on any atom is -0.360 e. The summed E-state index contributed by atoms with van der Waals surface area (Å²) in [6.07, 6.45) is 3.14. The van der Waals surface area contributed by atoms with Crippen molar-refractivity contribution in [3.8, 4) is 0 Å². The number of anilines is 1. The van der Waals surface area contributed by atoms with Crippen LogP contribution in [0, 0.1) is 0 Å². The van der Waals surface area contributed by atoms with Gasteiger partial charge in [0, 0.05) is 16.7 Å². The monoisotopic (exact) mass is 313 g/mol. The van der Waals surface area contributed by atoms with Gasteiger partial charge in [0.15, 0.2) is 0 Å². The lowest BCUT2D eigenvalue weighted by Gasteiger charge is -2.28. The Morgan fingerprint density at radius 2 is 1.95 bits per heavy atom. The lowest BCUT2D eigenvalue weighted by atomic mass is 10.1. The van der Waals surface area contributed by atoms with Crippen molar-refractivity contribution in [2.45, 2.75) is 12.5 Å². The predicted molar refractivity (Wildman–Crippen MR) is 84.6 cm³/mol. The van der Waals surface area contributed by atoms with Crippen molar-refractivity contribution in [1.29, 1.82) is 0 Å². The molecule has 0 saturated heterocycles. The van der Waals surface area contributed by atoms with Crippen molar-refractivity contribution >= 4 is 21.6 Å². The molecule has 1 heterocycles. The van der Waals surface area contributed by atoms with Crippen LogP contribution in [-0.4, -0.2) is 6.54 Å². The SMILES string of the molecule is C=C[C@@H](c1ccccc1)N1CCc2cc(Br)ccc21. The standard InChI is InChI=1S/C17H16BrN/c1-2-16(13-6-4-3-5-7-13)19-11-10-14-12-15(18)8-9-17(14)19/h2-9,12,16H,1,10-11H2/t16-/m0/s1. The molecule has 0 saturated carbocycles. The fraction of sp³-hybridized carbons (Fsp3) is 0.176. The number of rotatable bonds is 3. The molecule has 1 nitrogen and oxygen atoms in total. The van der Waals surface area contributed by atoms with Gasteiger partial charge in [0.2, 0.25) is 0 Å². The molecule has 0 N–H and O–H groups in total. The molecule has 19 heavy (non-hydrogen) atoms. The van der Waals surface area contributed by atoms with E-state index >= 15 is 0 Å². The minimum absolute atomic E-state index is 0.253. The Labute approximate surface area is 122 Å². The summed E-state index contributed by atoms with van der Waals surface area (Å²) in [6, 6.07) is 17.4. The van der Waals surface area contributed by atoms with Crippen LogP contribution in [0.25, 0.3) is 0 Å². The van der Waals surface area contributed by atoms with E-state index in [1.165, 1.54) is 16.8 Å². The van der Waals surface area contributed by atoms with Gasteiger partial charge in [-0.05, 0) is 35.7 Å². The van der Waals surface area contributed by atoms with Crippen LogP contribution in [0.15, 0.2) is 65.7 Å². The average Bonchev–Trinajstić information content (AvgIpc) is 2.84. The third kappa shape index (κ3) is 2.33. The Morgan fingerprint density at radius 1 is 1.16 bits per heavy atom. The molecule has 0 amide bonds. The minimum atomic E-state index is 0.253. The second-order valence-electron chi connectivity index (χ2n) is 4.81. The molecule has 1 atom stereocenters. The average molecular weight is 314 g/mol.